The van der Waals surface area contributed by atoms with E-state index >= 15 is 0 Å². The van der Waals surface area contributed by atoms with E-state index in [-0.39, 0.29) is 40.3 Å². The molecule has 4 aromatic carbocycles. The molecule has 0 saturated carbocycles. The fourth-order valence-corrected chi connectivity index (χ4v) is 2.98. The van der Waals surface area contributed by atoms with Gasteiger partial charge in [0, 0.05) is 0 Å². The summed E-state index contributed by atoms with van der Waals surface area (Å²) in [4.78, 5) is 0. The number of aromatic hydroxyl groups is 1. The van der Waals surface area contributed by atoms with Crippen LogP contribution in [0.4, 0.5) is 0 Å². The molecule has 0 radical (unpaired) electrons. The van der Waals surface area contributed by atoms with Crippen LogP contribution in [0.15, 0.2) is 91.0 Å². The van der Waals surface area contributed by atoms with Crippen LogP contribution in [0.5, 0.6) is 28.7 Å². The van der Waals surface area contributed by atoms with Crippen molar-refractivity contribution in [1.29, 1.82) is 0 Å². The van der Waals surface area contributed by atoms with E-state index in [0.717, 1.165) is 16.7 Å². The molecule has 0 aliphatic heterocycles. The molecule has 0 spiro atoms. The third-order valence-electron chi connectivity index (χ3n) is 4.41. The van der Waals surface area contributed by atoms with E-state index in [4.69, 9.17) is 4.74 Å². The number of ether oxygens (including phenoxy) is 1. The van der Waals surface area contributed by atoms with Crippen LogP contribution >= 0.6 is 0 Å². The van der Waals surface area contributed by atoms with E-state index in [0.29, 0.717) is 5.56 Å². The van der Waals surface area contributed by atoms with Crippen molar-refractivity contribution in [3.63, 3.8) is 0 Å². The summed E-state index contributed by atoms with van der Waals surface area (Å²) in [6, 6.07) is 26.5. The summed E-state index contributed by atoms with van der Waals surface area (Å²) in [5.41, 5.74) is 3.17. The molecule has 0 saturated heterocycles. The van der Waals surface area contributed by atoms with Crippen molar-refractivity contribution < 1.29 is 20.1 Å². The van der Waals surface area contributed by atoms with Gasteiger partial charge in [0.25, 0.3) is 0 Å². The molecule has 0 heterocycles. The maximum absolute atomic E-state index is 12.3. The molecule has 0 fully saturated rings. The van der Waals surface area contributed by atoms with Crippen molar-refractivity contribution in [2.24, 2.45) is 0 Å². The second kappa shape index (κ2) is 8.90. The molecule has 0 aliphatic carbocycles. The van der Waals surface area contributed by atoms with E-state index in [1.165, 1.54) is 18.2 Å². The number of benzene rings is 4. The minimum Gasteiger partial charge on any atom is -0.870 e. The molecule has 4 nitrogen and oxygen atoms in total. The van der Waals surface area contributed by atoms with Gasteiger partial charge in [-0.1, -0.05) is 78.5 Å². The van der Waals surface area contributed by atoms with E-state index in [1.807, 2.05) is 60.7 Å². The Labute approximate surface area is 184 Å². The fraction of sp³-hybridized carbons (Fsp3) is 0. The third kappa shape index (κ3) is 4.47. The van der Waals surface area contributed by atoms with Crippen molar-refractivity contribution in [2.75, 3.05) is 0 Å². The van der Waals surface area contributed by atoms with Gasteiger partial charge in [0.15, 0.2) is 0 Å². The first kappa shape index (κ1) is 20.6. The van der Waals surface area contributed by atoms with Crippen LogP contribution in [-0.2, 0) is 0 Å². The molecule has 5 heteroatoms. The number of phenols is 1. The zero-order valence-electron chi connectivity index (χ0n) is 15.5. The average molecular weight is 393 g/mol. The Morgan fingerprint density at radius 3 is 1.76 bits per heavy atom. The first-order chi connectivity index (χ1) is 13.6. The molecule has 138 valence electrons. The Bertz CT molecular complexity index is 1110. The predicted octanol–water partition coefficient (Wildman–Crippen LogP) is 4.28. The molecule has 0 aliphatic rings. The van der Waals surface area contributed by atoms with Crippen molar-refractivity contribution in [3.8, 4) is 51.0 Å². The quantitative estimate of drug-likeness (QED) is 0.526. The van der Waals surface area contributed by atoms with Gasteiger partial charge in [-0.25, -0.2) is 0 Å². The summed E-state index contributed by atoms with van der Waals surface area (Å²) in [5, 5.41) is 34.7. The summed E-state index contributed by atoms with van der Waals surface area (Å²) < 4.78 is 5.66. The van der Waals surface area contributed by atoms with Crippen molar-refractivity contribution in [2.45, 2.75) is 0 Å². The van der Waals surface area contributed by atoms with Gasteiger partial charge in [0.1, 0.15) is 17.2 Å². The van der Waals surface area contributed by atoms with Crippen LogP contribution in [0, 0.1) is 0 Å². The van der Waals surface area contributed by atoms with Crippen molar-refractivity contribution in [1.82, 2.24) is 0 Å². The van der Waals surface area contributed by atoms with Gasteiger partial charge < -0.3 is 20.1 Å². The van der Waals surface area contributed by atoms with Crippen molar-refractivity contribution >= 4 is 23.1 Å². The summed E-state index contributed by atoms with van der Waals surface area (Å²) >= 11 is 0. The summed E-state index contributed by atoms with van der Waals surface area (Å²) in [6.45, 7) is 0. The zero-order chi connectivity index (χ0) is 19.5. The number of phenolic OH excluding ortho intramolecular Hbond substituents is 1. The first-order valence-electron chi connectivity index (χ1n) is 8.75. The van der Waals surface area contributed by atoms with Crippen LogP contribution < -0.4 is 14.9 Å². The van der Waals surface area contributed by atoms with Gasteiger partial charge in [-0.2, -0.15) is 0 Å². The third-order valence-corrected chi connectivity index (χ3v) is 4.41. The Balaban J connectivity index is 0.00000240. The van der Waals surface area contributed by atoms with Crippen LogP contribution in [0.2, 0.25) is 0 Å². The van der Waals surface area contributed by atoms with Gasteiger partial charge in [-0.15, -0.1) is 0 Å². The van der Waals surface area contributed by atoms with E-state index in [1.54, 1.807) is 12.1 Å². The maximum atomic E-state index is 12.3. The Morgan fingerprint density at radius 2 is 1.14 bits per heavy atom. The number of rotatable bonds is 4. The van der Waals surface area contributed by atoms with E-state index in [9.17, 15) is 15.3 Å². The smallest absolute Gasteiger partial charge is 0.870 e. The molecule has 0 unspecified atom stereocenters. The minimum absolute atomic E-state index is 0. The molecular weight excluding hydrogens is 377 g/mol. The Kier molecular flexibility index (Phi) is 6.31. The van der Waals surface area contributed by atoms with Gasteiger partial charge in [0.2, 0.25) is 0 Å². The first-order valence-corrected chi connectivity index (χ1v) is 8.75. The van der Waals surface area contributed by atoms with E-state index in [2.05, 4.69) is 0 Å². The Hall–Kier alpha value is -3.15. The van der Waals surface area contributed by atoms with Gasteiger partial charge in [-0.05, 0) is 46.2 Å². The number of hydrogen-bond donors (Lipinski definition) is 1. The Morgan fingerprint density at radius 1 is 0.586 bits per heavy atom. The zero-order valence-corrected chi connectivity index (χ0v) is 17.0. The average Bonchev–Trinajstić information content (AvgIpc) is 2.74. The maximum Gasteiger partial charge on any atom is 2.00 e. The molecular formula is C24H16MgO4. The summed E-state index contributed by atoms with van der Waals surface area (Å²) in [5.74, 6) is -1.50. The molecule has 0 aromatic heterocycles. The topological polar surface area (TPSA) is 75.6 Å². The van der Waals surface area contributed by atoms with Gasteiger partial charge in [-0.3, -0.25) is 0 Å². The molecule has 0 atom stereocenters. The molecule has 29 heavy (non-hydrogen) atoms. The summed E-state index contributed by atoms with van der Waals surface area (Å²) in [7, 11) is 0. The SMILES string of the molecule is [Mg+2].[O-]c1ccc(-c2ccccc2)cc1Oc1cc(-c2ccccc2)cc(O)c1[O-]. The van der Waals surface area contributed by atoms with Crippen LogP contribution in [0.25, 0.3) is 22.3 Å². The van der Waals surface area contributed by atoms with Crippen LogP contribution in [-0.4, -0.2) is 28.2 Å². The molecule has 4 aromatic rings. The monoisotopic (exact) mass is 392 g/mol. The van der Waals surface area contributed by atoms with Crippen molar-refractivity contribution in [3.05, 3.63) is 91.0 Å². The van der Waals surface area contributed by atoms with Crippen LogP contribution in [0.1, 0.15) is 0 Å². The summed E-state index contributed by atoms with van der Waals surface area (Å²) in [6.07, 6.45) is 0. The second-order valence-corrected chi connectivity index (χ2v) is 6.32. The van der Waals surface area contributed by atoms with Gasteiger partial charge >= 0.3 is 23.1 Å². The van der Waals surface area contributed by atoms with Crippen LogP contribution in [0.3, 0.4) is 0 Å². The largest absolute Gasteiger partial charge is 2.00 e. The minimum atomic E-state index is -0.663. The number of hydrogen-bond acceptors (Lipinski definition) is 4. The molecule has 1 N–H and O–H groups in total. The molecule has 4 rings (SSSR count). The predicted molar refractivity (Wildman–Crippen MR) is 110 cm³/mol. The standard InChI is InChI=1S/C24H18O4.Mg/c25-20-12-11-18(16-7-3-1-4-8-16)14-22(20)28-23-15-19(13-21(26)24(23)27)17-9-5-2-6-10-17;/h1-15,25-27H;/q;+2/p-2. The van der Waals surface area contributed by atoms with Gasteiger partial charge in [0.05, 0.1) is 0 Å². The second-order valence-electron chi connectivity index (χ2n) is 6.32. The molecule has 0 amide bonds. The normalized spacial score (nSPS) is 10.2. The molecule has 0 bridgehead atoms. The van der Waals surface area contributed by atoms with E-state index < -0.39 is 11.5 Å². The fourth-order valence-electron chi connectivity index (χ4n) is 2.98.